The molecule has 1 fully saturated rings. The van der Waals surface area contributed by atoms with Crippen molar-refractivity contribution in [2.45, 2.75) is 19.4 Å². The minimum absolute atomic E-state index is 0.00171. The van der Waals surface area contributed by atoms with Gasteiger partial charge in [-0.2, -0.15) is 4.98 Å². The van der Waals surface area contributed by atoms with E-state index >= 15 is 0 Å². The Bertz CT molecular complexity index is 984. The van der Waals surface area contributed by atoms with Crippen LogP contribution in [0.1, 0.15) is 18.7 Å². The first-order valence-electron chi connectivity index (χ1n) is 9.44. The maximum Gasteiger partial charge on any atom is 0.241 e. The summed E-state index contributed by atoms with van der Waals surface area (Å²) < 4.78 is 6.39. The second-order valence-electron chi connectivity index (χ2n) is 7.07. The smallest absolute Gasteiger partial charge is 0.241 e. The predicted molar refractivity (Wildman–Crippen MR) is 116 cm³/mol. The molecule has 4 rings (SSSR count). The molecule has 8 heteroatoms. The average Bonchev–Trinajstić information content (AvgIpc) is 3.19. The van der Waals surface area contributed by atoms with E-state index in [1.54, 1.807) is 12.1 Å². The average molecular weight is 476 g/mol. The van der Waals surface area contributed by atoms with E-state index in [0.29, 0.717) is 23.3 Å². The van der Waals surface area contributed by atoms with Gasteiger partial charge in [0.05, 0.1) is 6.54 Å². The summed E-state index contributed by atoms with van der Waals surface area (Å²) in [5.74, 6) is 1.23. The van der Waals surface area contributed by atoms with Crippen LogP contribution in [0.4, 0.5) is 5.69 Å². The number of likely N-dealkylation sites (tertiary alicyclic amines) is 1. The Morgan fingerprint density at radius 2 is 1.97 bits per heavy atom. The first-order valence-corrected chi connectivity index (χ1v) is 10.6. The number of hydrogen-bond acceptors (Lipinski definition) is 5. The summed E-state index contributed by atoms with van der Waals surface area (Å²) in [5.41, 5.74) is 1.68. The number of benzene rings is 2. The second-order valence-corrected chi connectivity index (χ2v) is 8.42. The van der Waals surface area contributed by atoms with Crippen LogP contribution in [0.15, 0.2) is 57.5 Å². The maximum atomic E-state index is 12.5. The van der Waals surface area contributed by atoms with E-state index in [2.05, 4.69) is 36.3 Å². The van der Waals surface area contributed by atoms with E-state index in [1.807, 2.05) is 36.4 Å². The van der Waals surface area contributed by atoms with Crippen molar-refractivity contribution in [3.8, 4) is 11.4 Å². The quantitative estimate of drug-likeness (QED) is 0.562. The van der Waals surface area contributed by atoms with Crippen molar-refractivity contribution < 1.29 is 9.32 Å². The molecule has 0 unspecified atom stereocenters. The number of rotatable bonds is 5. The zero-order valence-corrected chi connectivity index (χ0v) is 18.0. The largest absolute Gasteiger partial charge is 0.338 e. The molecule has 0 radical (unpaired) electrons. The summed E-state index contributed by atoms with van der Waals surface area (Å²) >= 11 is 9.34. The van der Waals surface area contributed by atoms with Gasteiger partial charge >= 0.3 is 0 Å². The molecule has 2 aromatic carbocycles. The lowest BCUT2D eigenvalue weighted by molar-refractivity contribution is -0.121. The zero-order valence-electron chi connectivity index (χ0n) is 15.6. The minimum atomic E-state index is 0.00171. The first-order chi connectivity index (χ1) is 14.1. The van der Waals surface area contributed by atoms with Gasteiger partial charge in [-0.25, -0.2) is 0 Å². The number of nitrogens with one attached hydrogen (secondary N) is 1. The Labute approximate surface area is 182 Å². The number of carbonyl (C=O) groups is 1. The van der Waals surface area contributed by atoms with Gasteiger partial charge in [-0.1, -0.05) is 44.8 Å². The Morgan fingerprint density at radius 3 is 2.69 bits per heavy atom. The number of piperidine rings is 1. The van der Waals surface area contributed by atoms with Crippen molar-refractivity contribution in [2.24, 2.45) is 5.92 Å². The molecule has 150 valence electrons. The molecule has 0 aliphatic carbocycles. The highest BCUT2D eigenvalue weighted by atomic mass is 79.9. The monoisotopic (exact) mass is 474 g/mol. The fraction of sp³-hybridized carbons (Fsp3) is 0.286. The van der Waals surface area contributed by atoms with E-state index in [0.717, 1.165) is 41.7 Å². The first kappa shape index (κ1) is 20.1. The molecule has 1 aromatic heterocycles. The normalized spacial score (nSPS) is 15.4. The standard InChI is InChI=1S/C21H20BrClN4O2/c22-16-3-1-2-15(12-16)20-25-19(29-26-20)13-27-10-8-14(9-11-27)21(28)24-18-6-4-17(23)5-7-18/h1-7,12,14H,8-11,13H2,(H,24,28). The van der Waals surface area contributed by atoms with Crippen molar-refractivity contribution >= 4 is 39.1 Å². The number of anilines is 1. The molecule has 0 saturated carbocycles. The van der Waals surface area contributed by atoms with Gasteiger partial charge in [-0.15, -0.1) is 0 Å². The highest BCUT2D eigenvalue weighted by Gasteiger charge is 2.26. The molecule has 1 saturated heterocycles. The van der Waals surface area contributed by atoms with Gasteiger partial charge in [0.1, 0.15) is 0 Å². The van der Waals surface area contributed by atoms with E-state index in [-0.39, 0.29) is 11.8 Å². The van der Waals surface area contributed by atoms with Crippen LogP contribution in [0.5, 0.6) is 0 Å². The van der Waals surface area contributed by atoms with Crippen molar-refractivity contribution in [1.29, 1.82) is 0 Å². The predicted octanol–water partition coefficient (Wildman–Crippen LogP) is 5.00. The molecular weight excluding hydrogens is 456 g/mol. The number of hydrogen-bond donors (Lipinski definition) is 1. The molecule has 0 bridgehead atoms. The number of halogens is 2. The van der Waals surface area contributed by atoms with Crippen LogP contribution in [0.25, 0.3) is 11.4 Å². The maximum absolute atomic E-state index is 12.5. The van der Waals surface area contributed by atoms with Gasteiger partial charge < -0.3 is 9.84 Å². The Kier molecular flexibility index (Phi) is 6.28. The lowest BCUT2D eigenvalue weighted by atomic mass is 9.96. The number of amides is 1. The summed E-state index contributed by atoms with van der Waals surface area (Å²) in [6, 6.07) is 15.0. The molecule has 1 aliphatic heterocycles. The van der Waals surface area contributed by atoms with Gasteiger partial charge in [0.15, 0.2) is 0 Å². The SMILES string of the molecule is O=C(Nc1ccc(Cl)cc1)C1CCN(Cc2nc(-c3cccc(Br)c3)no2)CC1. The lowest BCUT2D eigenvalue weighted by Gasteiger charge is -2.30. The van der Waals surface area contributed by atoms with Crippen LogP contribution < -0.4 is 5.32 Å². The van der Waals surface area contributed by atoms with Gasteiger partial charge in [-0.3, -0.25) is 9.69 Å². The fourth-order valence-corrected chi connectivity index (χ4v) is 3.91. The van der Waals surface area contributed by atoms with E-state index < -0.39 is 0 Å². The van der Waals surface area contributed by atoms with Gasteiger partial charge in [0.2, 0.25) is 17.6 Å². The minimum Gasteiger partial charge on any atom is -0.338 e. The van der Waals surface area contributed by atoms with Crippen LogP contribution in [0, 0.1) is 5.92 Å². The third-order valence-electron chi connectivity index (χ3n) is 4.98. The van der Waals surface area contributed by atoms with E-state index in [1.165, 1.54) is 0 Å². The zero-order chi connectivity index (χ0) is 20.2. The van der Waals surface area contributed by atoms with Crippen LogP contribution in [-0.2, 0) is 11.3 Å². The highest BCUT2D eigenvalue weighted by molar-refractivity contribution is 9.10. The molecule has 0 spiro atoms. The number of aromatic nitrogens is 2. The summed E-state index contributed by atoms with van der Waals surface area (Å²) in [6.07, 6.45) is 1.60. The Hall–Kier alpha value is -2.22. The molecule has 29 heavy (non-hydrogen) atoms. The van der Waals surface area contributed by atoms with Gasteiger partial charge in [0.25, 0.3) is 0 Å². The fourth-order valence-electron chi connectivity index (χ4n) is 3.39. The second kappa shape index (κ2) is 9.07. The molecule has 2 heterocycles. The molecule has 3 aromatic rings. The Morgan fingerprint density at radius 1 is 1.21 bits per heavy atom. The van der Waals surface area contributed by atoms with Crippen LogP contribution in [0.3, 0.4) is 0 Å². The van der Waals surface area contributed by atoms with E-state index in [4.69, 9.17) is 16.1 Å². The number of carbonyl (C=O) groups excluding carboxylic acids is 1. The van der Waals surface area contributed by atoms with Crippen LogP contribution in [-0.4, -0.2) is 34.0 Å². The molecule has 0 atom stereocenters. The van der Waals surface area contributed by atoms with Crippen molar-refractivity contribution in [2.75, 3.05) is 18.4 Å². The molecule has 6 nitrogen and oxygen atoms in total. The van der Waals surface area contributed by atoms with Crippen molar-refractivity contribution in [3.05, 3.63) is 63.9 Å². The van der Waals surface area contributed by atoms with Crippen LogP contribution >= 0.6 is 27.5 Å². The van der Waals surface area contributed by atoms with Crippen LogP contribution in [0.2, 0.25) is 5.02 Å². The molecule has 1 N–H and O–H groups in total. The van der Waals surface area contributed by atoms with Crippen molar-refractivity contribution in [1.82, 2.24) is 15.0 Å². The third-order valence-corrected chi connectivity index (χ3v) is 5.73. The third kappa shape index (κ3) is 5.23. The molecular formula is C21H20BrClN4O2. The topological polar surface area (TPSA) is 71.3 Å². The summed E-state index contributed by atoms with van der Waals surface area (Å²) in [7, 11) is 0. The molecule has 1 aliphatic rings. The van der Waals surface area contributed by atoms with E-state index in [9.17, 15) is 4.79 Å². The highest BCUT2D eigenvalue weighted by Crippen LogP contribution is 2.23. The summed E-state index contributed by atoms with van der Waals surface area (Å²) in [5, 5.41) is 7.70. The summed E-state index contributed by atoms with van der Waals surface area (Å²) in [6.45, 7) is 2.22. The summed E-state index contributed by atoms with van der Waals surface area (Å²) in [4.78, 5) is 19.2. The lowest BCUT2D eigenvalue weighted by Crippen LogP contribution is -2.37. The Balaban J connectivity index is 1.29. The van der Waals surface area contributed by atoms with Gasteiger partial charge in [-0.05, 0) is 62.3 Å². The van der Waals surface area contributed by atoms with Crippen molar-refractivity contribution in [3.63, 3.8) is 0 Å². The van der Waals surface area contributed by atoms with Gasteiger partial charge in [0, 0.05) is 26.7 Å². The number of nitrogens with zero attached hydrogens (tertiary/aromatic N) is 3. The molecule has 1 amide bonds.